The first-order valence-corrected chi connectivity index (χ1v) is 10.1. The lowest BCUT2D eigenvalue weighted by molar-refractivity contribution is -0.132. The molecule has 2 fully saturated rings. The van der Waals surface area contributed by atoms with Crippen molar-refractivity contribution >= 4 is 17.2 Å². The first-order chi connectivity index (χ1) is 12.3. The third-order valence-electron chi connectivity index (χ3n) is 5.74. The van der Waals surface area contributed by atoms with Crippen LogP contribution in [0.25, 0.3) is 0 Å². The quantitative estimate of drug-likeness (QED) is 0.839. The van der Waals surface area contributed by atoms with Crippen LogP contribution in [0.1, 0.15) is 42.5 Å². The van der Waals surface area contributed by atoms with Gasteiger partial charge in [0.1, 0.15) is 0 Å². The molecule has 0 N–H and O–H groups in total. The van der Waals surface area contributed by atoms with Crippen molar-refractivity contribution in [3.63, 3.8) is 0 Å². The zero-order chi connectivity index (χ0) is 17.1. The number of pyridine rings is 1. The van der Waals surface area contributed by atoms with Gasteiger partial charge in [0.05, 0.1) is 0 Å². The fourth-order valence-corrected chi connectivity index (χ4v) is 5.08. The minimum absolute atomic E-state index is 0.0601. The number of carbonyl (C=O) groups excluding carboxylic acids is 1. The number of carbonyl (C=O) groups is 1. The Bertz CT molecular complexity index is 703. The number of aromatic nitrogens is 1. The van der Waals surface area contributed by atoms with Crippen LogP contribution in [-0.2, 0) is 17.9 Å². The molecule has 0 aromatic carbocycles. The standard InChI is InChI=1S/C20H25N3OS/c24-19-4-8-20(23(19)15-17-5-10-21-11-6-17)7-2-12-22(13-9-20)16-18-3-1-14-25-18/h1,3,5-6,10-11,14H,2,4,7-9,12-13,15-16H2/t20-/m1/s1. The predicted octanol–water partition coefficient (Wildman–Crippen LogP) is 3.69. The number of amides is 1. The van der Waals surface area contributed by atoms with E-state index in [1.807, 2.05) is 35.9 Å². The molecule has 2 saturated heterocycles. The minimum Gasteiger partial charge on any atom is -0.333 e. The zero-order valence-corrected chi connectivity index (χ0v) is 15.4. The fourth-order valence-electron chi connectivity index (χ4n) is 4.34. The van der Waals surface area contributed by atoms with E-state index in [0.29, 0.717) is 12.3 Å². The third kappa shape index (κ3) is 3.62. The Morgan fingerprint density at radius 1 is 1.08 bits per heavy atom. The van der Waals surface area contributed by atoms with E-state index < -0.39 is 0 Å². The van der Waals surface area contributed by atoms with Gasteiger partial charge >= 0.3 is 0 Å². The van der Waals surface area contributed by atoms with E-state index in [0.717, 1.165) is 45.4 Å². The summed E-state index contributed by atoms with van der Waals surface area (Å²) in [6.45, 7) is 3.99. The highest BCUT2D eigenvalue weighted by Gasteiger charge is 2.45. The Morgan fingerprint density at radius 3 is 2.76 bits per heavy atom. The van der Waals surface area contributed by atoms with Gasteiger partial charge in [0.2, 0.25) is 5.91 Å². The predicted molar refractivity (Wildman–Crippen MR) is 100 cm³/mol. The maximum absolute atomic E-state index is 12.6. The Hall–Kier alpha value is -1.72. The van der Waals surface area contributed by atoms with Gasteiger partial charge in [-0.25, -0.2) is 0 Å². The molecule has 2 aliphatic rings. The van der Waals surface area contributed by atoms with Crippen LogP contribution >= 0.6 is 11.3 Å². The van der Waals surface area contributed by atoms with E-state index in [2.05, 4.69) is 32.3 Å². The van der Waals surface area contributed by atoms with Crippen LogP contribution in [0.2, 0.25) is 0 Å². The SMILES string of the molecule is O=C1CC[C@@]2(CCCN(Cc3cccs3)CC2)N1Cc1ccncc1. The molecule has 4 heterocycles. The van der Waals surface area contributed by atoms with Gasteiger partial charge in [-0.15, -0.1) is 11.3 Å². The van der Waals surface area contributed by atoms with Crippen molar-refractivity contribution in [3.8, 4) is 0 Å². The maximum Gasteiger partial charge on any atom is 0.223 e. The fraction of sp³-hybridized carbons (Fsp3) is 0.500. The number of rotatable bonds is 4. The molecular formula is C20H25N3OS. The lowest BCUT2D eigenvalue weighted by Crippen LogP contribution is -2.45. The molecule has 5 heteroatoms. The molecule has 1 spiro atoms. The number of thiophene rings is 1. The molecule has 4 rings (SSSR count). The summed E-state index contributed by atoms with van der Waals surface area (Å²) in [4.78, 5) is 22.9. The van der Waals surface area contributed by atoms with Crippen molar-refractivity contribution < 1.29 is 4.79 Å². The van der Waals surface area contributed by atoms with E-state index in [9.17, 15) is 4.79 Å². The van der Waals surface area contributed by atoms with Crippen LogP contribution in [0.4, 0.5) is 0 Å². The van der Waals surface area contributed by atoms with Gasteiger partial charge in [-0.1, -0.05) is 6.07 Å². The molecule has 2 aliphatic heterocycles. The maximum atomic E-state index is 12.6. The second-order valence-electron chi connectivity index (χ2n) is 7.27. The van der Waals surface area contributed by atoms with Gasteiger partial charge in [-0.05, 0) is 61.4 Å². The van der Waals surface area contributed by atoms with Crippen LogP contribution in [0.15, 0.2) is 42.0 Å². The van der Waals surface area contributed by atoms with E-state index >= 15 is 0 Å². The van der Waals surface area contributed by atoms with Crippen LogP contribution in [-0.4, -0.2) is 39.3 Å². The topological polar surface area (TPSA) is 36.4 Å². The van der Waals surface area contributed by atoms with Crippen LogP contribution in [0.3, 0.4) is 0 Å². The summed E-state index contributed by atoms with van der Waals surface area (Å²) >= 11 is 1.84. The summed E-state index contributed by atoms with van der Waals surface area (Å²) in [5, 5.41) is 2.15. The highest BCUT2D eigenvalue weighted by atomic mass is 32.1. The van der Waals surface area contributed by atoms with Crippen molar-refractivity contribution in [1.82, 2.24) is 14.8 Å². The Morgan fingerprint density at radius 2 is 1.96 bits per heavy atom. The highest BCUT2D eigenvalue weighted by molar-refractivity contribution is 7.09. The molecule has 0 saturated carbocycles. The first kappa shape index (κ1) is 16.7. The Labute approximate surface area is 153 Å². The van der Waals surface area contributed by atoms with Gasteiger partial charge in [0.15, 0.2) is 0 Å². The number of hydrogen-bond acceptors (Lipinski definition) is 4. The molecule has 1 amide bonds. The Balaban J connectivity index is 1.47. The molecule has 0 radical (unpaired) electrons. The Kier molecular flexibility index (Phi) is 4.86. The van der Waals surface area contributed by atoms with Crippen molar-refractivity contribution in [1.29, 1.82) is 0 Å². The van der Waals surface area contributed by atoms with Gasteiger partial charge in [-0.2, -0.15) is 0 Å². The zero-order valence-electron chi connectivity index (χ0n) is 14.6. The van der Waals surface area contributed by atoms with Gasteiger partial charge in [0.25, 0.3) is 0 Å². The van der Waals surface area contributed by atoms with E-state index in [1.165, 1.54) is 16.9 Å². The molecule has 1 atom stereocenters. The largest absolute Gasteiger partial charge is 0.333 e. The molecule has 2 aromatic heterocycles. The van der Waals surface area contributed by atoms with E-state index in [-0.39, 0.29) is 5.54 Å². The van der Waals surface area contributed by atoms with Crippen molar-refractivity contribution in [2.75, 3.05) is 13.1 Å². The molecule has 2 aromatic rings. The van der Waals surface area contributed by atoms with Crippen LogP contribution in [0, 0.1) is 0 Å². The normalized spacial score (nSPS) is 24.8. The van der Waals surface area contributed by atoms with Crippen LogP contribution in [0.5, 0.6) is 0 Å². The summed E-state index contributed by atoms with van der Waals surface area (Å²) in [6.07, 6.45) is 8.75. The molecule has 25 heavy (non-hydrogen) atoms. The average molecular weight is 356 g/mol. The van der Waals surface area contributed by atoms with Gasteiger partial charge in [-0.3, -0.25) is 14.7 Å². The number of hydrogen-bond donors (Lipinski definition) is 0. The van der Waals surface area contributed by atoms with Crippen molar-refractivity contribution in [3.05, 3.63) is 52.5 Å². The minimum atomic E-state index is 0.0601. The third-order valence-corrected chi connectivity index (χ3v) is 6.60. The first-order valence-electron chi connectivity index (χ1n) is 9.19. The van der Waals surface area contributed by atoms with E-state index in [4.69, 9.17) is 0 Å². The summed E-state index contributed by atoms with van der Waals surface area (Å²) in [6, 6.07) is 8.41. The number of likely N-dealkylation sites (tertiary alicyclic amines) is 2. The summed E-state index contributed by atoms with van der Waals surface area (Å²) in [5.74, 6) is 0.323. The molecule has 132 valence electrons. The highest BCUT2D eigenvalue weighted by Crippen LogP contribution is 2.40. The summed E-state index contributed by atoms with van der Waals surface area (Å²) in [5.41, 5.74) is 1.24. The number of nitrogens with zero attached hydrogens (tertiary/aromatic N) is 3. The van der Waals surface area contributed by atoms with Crippen LogP contribution < -0.4 is 0 Å². The van der Waals surface area contributed by atoms with Crippen molar-refractivity contribution in [2.45, 2.75) is 50.7 Å². The smallest absolute Gasteiger partial charge is 0.223 e. The van der Waals surface area contributed by atoms with E-state index in [1.54, 1.807) is 0 Å². The lowest BCUT2D eigenvalue weighted by Gasteiger charge is -2.38. The second kappa shape index (κ2) is 7.26. The second-order valence-corrected chi connectivity index (χ2v) is 8.30. The van der Waals surface area contributed by atoms with Gasteiger partial charge in [0, 0.05) is 48.9 Å². The van der Waals surface area contributed by atoms with Crippen molar-refractivity contribution in [2.24, 2.45) is 0 Å². The molecule has 0 unspecified atom stereocenters. The summed E-state index contributed by atoms with van der Waals surface area (Å²) < 4.78 is 0. The lowest BCUT2D eigenvalue weighted by atomic mass is 9.87. The molecule has 0 bridgehead atoms. The monoisotopic (exact) mass is 355 g/mol. The molecule has 0 aliphatic carbocycles. The van der Waals surface area contributed by atoms with Gasteiger partial charge < -0.3 is 4.90 Å². The molecular weight excluding hydrogens is 330 g/mol. The average Bonchev–Trinajstić information content (AvgIpc) is 3.18. The molecule has 4 nitrogen and oxygen atoms in total. The summed E-state index contributed by atoms with van der Waals surface area (Å²) in [7, 11) is 0.